The maximum Gasteiger partial charge on any atom is 0.106 e. The maximum atomic E-state index is 10.1. The summed E-state index contributed by atoms with van der Waals surface area (Å²) in [5.74, 6) is 0.757. The van der Waals surface area contributed by atoms with Crippen LogP contribution >= 0.6 is 0 Å². The first-order valence-electron chi connectivity index (χ1n) is 5.95. The van der Waals surface area contributed by atoms with Crippen LogP contribution in [0.4, 0.5) is 0 Å². The summed E-state index contributed by atoms with van der Waals surface area (Å²) < 4.78 is 10.8. The molecule has 3 heteroatoms. The third-order valence-electron chi connectivity index (χ3n) is 3.61. The van der Waals surface area contributed by atoms with Crippen molar-refractivity contribution in [2.45, 2.75) is 51.2 Å². The Morgan fingerprint density at radius 2 is 2.00 bits per heavy atom. The normalized spacial score (nSPS) is 34.0. The van der Waals surface area contributed by atoms with Crippen molar-refractivity contribution < 1.29 is 14.6 Å². The van der Waals surface area contributed by atoms with Gasteiger partial charge in [0.25, 0.3) is 0 Å². The lowest BCUT2D eigenvalue weighted by atomic mass is 9.76. The van der Waals surface area contributed by atoms with Gasteiger partial charge >= 0.3 is 0 Å². The molecule has 1 N–H and O–H groups in total. The number of aliphatic hydroxyl groups excluding tert-OH is 1. The van der Waals surface area contributed by atoms with E-state index in [0.29, 0.717) is 13.2 Å². The van der Waals surface area contributed by atoms with Gasteiger partial charge in [-0.1, -0.05) is 6.92 Å². The Kier molecular flexibility index (Phi) is 5.03. The van der Waals surface area contributed by atoms with Gasteiger partial charge in [0, 0.05) is 13.7 Å². The van der Waals surface area contributed by atoms with Crippen LogP contribution in [0.5, 0.6) is 0 Å². The van der Waals surface area contributed by atoms with Crippen LogP contribution in [-0.4, -0.2) is 37.1 Å². The summed E-state index contributed by atoms with van der Waals surface area (Å²) in [4.78, 5) is 0. The van der Waals surface area contributed by atoms with E-state index >= 15 is 0 Å². The van der Waals surface area contributed by atoms with Crippen molar-refractivity contribution in [3.8, 4) is 0 Å². The third-order valence-corrected chi connectivity index (χ3v) is 3.61. The highest BCUT2D eigenvalue weighted by molar-refractivity contribution is 4.92. The topological polar surface area (TPSA) is 38.7 Å². The summed E-state index contributed by atoms with van der Waals surface area (Å²) in [6.07, 6.45) is 3.67. The summed E-state index contributed by atoms with van der Waals surface area (Å²) in [5.41, 5.74) is -0.359. The smallest absolute Gasteiger partial charge is 0.106 e. The zero-order valence-corrected chi connectivity index (χ0v) is 10.2. The zero-order valence-electron chi connectivity index (χ0n) is 10.2. The molecule has 1 rings (SSSR count). The van der Waals surface area contributed by atoms with E-state index in [4.69, 9.17) is 9.47 Å². The SMILES string of the molecule is CCOCC(O)C1(OC)CCC(C)CC1. The lowest BCUT2D eigenvalue weighted by molar-refractivity contribution is -0.147. The molecule has 1 aliphatic rings. The highest BCUT2D eigenvalue weighted by atomic mass is 16.5. The molecule has 1 unspecified atom stereocenters. The minimum absolute atomic E-state index is 0.359. The van der Waals surface area contributed by atoms with Crippen LogP contribution in [0.2, 0.25) is 0 Å². The van der Waals surface area contributed by atoms with Crippen LogP contribution < -0.4 is 0 Å². The molecule has 0 aromatic carbocycles. The Morgan fingerprint density at radius 1 is 1.40 bits per heavy atom. The lowest BCUT2D eigenvalue weighted by Gasteiger charge is -2.41. The van der Waals surface area contributed by atoms with E-state index in [-0.39, 0.29) is 5.60 Å². The van der Waals surface area contributed by atoms with Gasteiger partial charge in [-0.25, -0.2) is 0 Å². The second kappa shape index (κ2) is 5.83. The van der Waals surface area contributed by atoms with Gasteiger partial charge in [-0.3, -0.25) is 0 Å². The number of hydrogen-bond donors (Lipinski definition) is 1. The van der Waals surface area contributed by atoms with Crippen LogP contribution in [0.25, 0.3) is 0 Å². The molecular weight excluding hydrogens is 192 g/mol. The molecule has 0 aromatic heterocycles. The van der Waals surface area contributed by atoms with Crippen LogP contribution in [0, 0.1) is 5.92 Å². The van der Waals surface area contributed by atoms with Crippen molar-refractivity contribution in [2.75, 3.05) is 20.3 Å². The fraction of sp³-hybridized carbons (Fsp3) is 1.00. The summed E-state index contributed by atoms with van der Waals surface area (Å²) in [6.45, 7) is 5.23. The highest BCUT2D eigenvalue weighted by Gasteiger charge is 2.40. The largest absolute Gasteiger partial charge is 0.388 e. The molecule has 3 nitrogen and oxygen atoms in total. The van der Waals surface area contributed by atoms with E-state index < -0.39 is 6.10 Å². The maximum absolute atomic E-state index is 10.1. The van der Waals surface area contributed by atoms with Crippen LogP contribution in [0.3, 0.4) is 0 Å². The molecule has 0 spiro atoms. The molecule has 0 heterocycles. The molecule has 0 saturated heterocycles. The van der Waals surface area contributed by atoms with Gasteiger partial charge in [-0.15, -0.1) is 0 Å². The van der Waals surface area contributed by atoms with Gasteiger partial charge in [0.2, 0.25) is 0 Å². The first-order valence-corrected chi connectivity index (χ1v) is 5.95. The van der Waals surface area contributed by atoms with Crippen molar-refractivity contribution in [2.24, 2.45) is 5.92 Å². The molecule has 0 radical (unpaired) electrons. The zero-order chi connectivity index (χ0) is 11.3. The van der Waals surface area contributed by atoms with Gasteiger partial charge in [-0.2, -0.15) is 0 Å². The van der Waals surface area contributed by atoms with Gasteiger partial charge in [-0.05, 0) is 38.5 Å². The van der Waals surface area contributed by atoms with E-state index in [2.05, 4.69) is 6.92 Å². The molecular formula is C12H24O3. The Bertz CT molecular complexity index is 174. The molecule has 1 atom stereocenters. The molecule has 1 saturated carbocycles. The third kappa shape index (κ3) is 3.16. The Labute approximate surface area is 92.8 Å². The van der Waals surface area contributed by atoms with Crippen molar-refractivity contribution in [1.29, 1.82) is 0 Å². The van der Waals surface area contributed by atoms with Crippen molar-refractivity contribution in [1.82, 2.24) is 0 Å². The molecule has 1 aliphatic carbocycles. The molecule has 0 aliphatic heterocycles. The molecule has 0 bridgehead atoms. The molecule has 15 heavy (non-hydrogen) atoms. The predicted molar refractivity (Wildman–Crippen MR) is 59.9 cm³/mol. The average Bonchev–Trinajstić information content (AvgIpc) is 2.27. The minimum Gasteiger partial charge on any atom is -0.388 e. The number of ether oxygens (including phenoxy) is 2. The first kappa shape index (κ1) is 12.9. The molecule has 90 valence electrons. The Hall–Kier alpha value is -0.120. The Morgan fingerprint density at radius 3 is 2.47 bits per heavy atom. The number of hydrogen-bond acceptors (Lipinski definition) is 3. The minimum atomic E-state index is -0.491. The summed E-state index contributed by atoms with van der Waals surface area (Å²) in [7, 11) is 1.70. The Balaban J connectivity index is 2.51. The number of rotatable bonds is 5. The van der Waals surface area contributed by atoms with E-state index in [9.17, 15) is 5.11 Å². The predicted octanol–water partition coefficient (Wildman–Crippen LogP) is 1.98. The standard InChI is InChI=1S/C12H24O3/c1-4-15-9-11(13)12(14-3)7-5-10(2)6-8-12/h10-11,13H,4-9H2,1-3H3. The van der Waals surface area contributed by atoms with Gasteiger partial charge in [0.05, 0.1) is 12.2 Å². The lowest BCUT2D eigenvalue weighted by Crippen LogP contribution is -2.49. The van der Waals surface area contributed by atoms with Crippen molar-refractivity contribution in [3.05, 3.63) is 0 Å². The van der Waals surface area contributed by atoms with Gasteiger partial charge < -0.3 is 14.6 Å². The van der Waals surface area contributed by atoms with E-state index in [1.165, 1.54) is 0 Å². The average molecular weight is 216 g/mol. The fourth-order valence-electron chi connectivity index (χ4n) is 2.31. The van der Waals surface area contributed by atoms with Gasteiger partial charge in [0.1, 0.15) is 6.10 Å². The molecule has 0 aromatic rings. The summed E-state index contributed by atoms with van der Waals surface area (Å²) >= 11 is 0. The molecule has 0 amide bonds. The van der Waals surface area contributed by atoms with Crippen LogP contribution in [-0.2, 0) is 9.47 Å². The second-order valence-corrected chi connectivity index (χ2v) is 4.63. The summed E-state index contributed by atoms with van der Waals surface area (Å²) in [6, 6.07) is 0. The van der Waals surface area contributed by atoms with Crippen molar-refractivity contribution in [3.63, 3.8) is 0 Å². The number of methoxy groups -OCH3 is 1. The monoisotopic (exact) mass is 216 g/mol. The molecule has 1 fully saturated rings. The second-order valence-electron chi connectivity index (χ2n) is 4.63. The van der Waals surface area contributed by atoms with E-state index in [1.807, 2.05) is 6.92 Å². The highest BCUT2D eigenvalue weighted by Crippen LogP contribution is 2.36. The number of aliphatic hydroxyl groups is 1. The van der Waals surface area contributed by atoms with Crippen LogP contribution in [0.1, 0.15) is 39.5 Å². The van der Waals surface area contributed by atoms with E-state index in [1.54, 1.807) is 7.11 Å². The van der Waals surface area contributed by atoms with E-state index in [0.717, 1.165) is 31.6 Å². The quantitative estimate of drug-likeness (QED) is 0.763. The first-order chi connectivity index (χ1) is 7.14. The van der Waals surface area contributed by atoms with Crippen LogP contribution in [0.15, 0.2) is 0 Å². The summed E-state index contributed by atoms with van der Waals surface area (Å²) in [5, 5.41) is 10.1. The van der Waals surface area contributed by atoms with Gasteiger partial charge in [0.15, 0.2) is 0 Å². The fourth-order valence-corrected chi connectivity index (χ4v) is 2.31. The van der Waals surface area contributed by atoms with Crippen molar-refractivity contribution >= 4 is 0 Å².